The van der Waals surface area contributed by atoms with E-state index in [2.05, 4.69) is 0 Å². The van der Waals surface area contributed by atoms with Crippen LogP contribution in [0.25, 0.3) is 0 Å². The summed E-state index contributed by atoms with van der Waals surface area (Å²) in [6.45, 7) is 3.80. The van der Waals surface area contributed by atoms with Crippen LogP contribution in [0.2, 0.25) is 0 Å². The van der Waals surface area contributed by atoms with Crippen LogP contribution in [0.4, 0.5) is 0 Å². The van der Waals surface area contributed by atoms with Gasteiger partial charge in [-0.2, -0.15) is 0 Å². The Labute approximate surface area is 239 Å². The maximum atomic E-state index is 12.0. The Balaban J connectivity index is 0.000000222. The fourth-order valence-electron chi connectivity index (χ4n) is 3.82. The maximum Gasteiger partial charge on any atom is 0.174 e. The topological polar surface area (TPSA) is 93.1 Å². The van der Waals surface area contributed by atoms with Crippen LogP contribution in [0.5, 0.6) is 23.0 Å². The van der Waals surface area contributed by atoms with E-state index >= 15 is 0 Å². The van der Waals surface area contributed by atoms with Gasteiger partial charge in [0.05, 0.1) is 12.9 Å². The number of ketones is 2. The number of phenolic OH excluding ortho intramolecular Hbond substituents is 2. The van der Waals surface area contributed by atoms with Gasteiger partial charge in [0, 0.05) is 28.9 Å². The second kappa shape index (κ2) is 15.4. The molecule has 6 nitrogen and oxygen atoms in total. The fourth-order valence-corrected chi connectivity index (χ4v) is 4.59. The molecule has 4 rings (SSSR count). The molecule has 0 fully saturated rings. The molecular weight excluding hydrogens is 524 g/mol. The fraction of sp³-hybridized carbons (Fsp3) is 0.212. The van der Waals surface area contributed by atoms with Crippen molar-refractivity contribution in [1.82, 2.24) is 0 Å². The van der Waals surface area contributed by atoms with Crippen LogP contribution < -0.4 is 9.47 Å². The van der Waals surface area contributed by atoms with Gasteiger partial charge in [0.25, 0.3) is 0 Å². The maximum absolute atomic E-state index is 12.0. The van der Waals surface area contributed by atoms with Crippen LogP contribution in [0.15, 0.2) is 95.9 Å². The van der Waals surface area contributed by atoms with Gasteiger partial charge in [0.2, 0.25) is 0 Å². The number of para-hydroxylation sites is 2. The highest BCUT2D eigenvalue weighted by Crippen LogP contribution is 2.26. The Hall–Kier alpha value is -4.23. The van der Waals surface area contributed by atoms with Crippen molar-refractivity contribution in [3.05, 3.63) is 113 Å². The minimum Gasteiger partial charge on any atom is -0.508 e. The molecule has 0 saturated carbocycles. The average molecular weight is 559 g/mol. The Kier molecular flexibility index (Phi) is 11.7. The Morgan fingerprint density at radius 2 is 1.23 bits per heavy atom. The van der Waals surface area contributed by atoms with Crippen LogP contribution in [-0.4, -0.2) is 41.2 Å². The van der Waals surface area contributed by atoms with E-state index in [1.807, 2.05) is 68.4 Å². The van der Waals surface area contributed by atoms with E-state index in [0.717, 1.165) is 16.0 Å². The molecule has 2 N–H and O–H groups in total. The number of carbonyl (C=O) groups is 2. The molecule has 0 unspecified atom stereocenters. The molecule has 40 heavy (non-hydrogen) atoms. The molecule has 0 aliphatic heterocycles. The van der Waals surface area contributed by atoms with Crippen molar-refractivity contribution in [2.45, 2.75) is 31.6 Å². The Morgan fingerprint density at radius 1 is 0.700 bits per heavy atom. The zero-order chi connectivity index (χ0) is 28.9. The lowest BCUT2D eigenvalue weighted by molar-refractivity contribution is -0.120. The number of benzene rings is 4. The number of thioether (sulfide) groups is 1. The van der Waals surface area contributed by atoms with Crippen LogP contribution in [0, 0.1) is 13.8 Å². The molecule has 4 aromatic carbocycles. The lowest BCUT2D eigenvalue weighted by atomic mass is 10.1. The third-order valence-electron chi connectivity index (χ3n) is 5.85. The molecule has 0 aliphatic rings. The molecule has 0 heterocycles. The summed E-state index contributed by atoms with van der Waals surface area (Å²) in [5.74, 6) is 1.88. The standard InChI is InChI=1S/C17H18O4.C16H16O2S/c1-12-7-8-15(19)13(9-12)10-14(18)11-21-17-6-4-3-5-16(17)20-2;1-12-7-8-16(18)13(9-12)10-14(17)11-19-15-5-3-2-4-6-15/h3-9,19H,10-11H2,1-2H3;2-9,18H,10-11H2,1H3. The minimum absolute atomic E-state index is 0.0618. The third-order valence-corrected chi connectivity index (χ3v) is 6.92. The zero-order valence-corrected chi connectivity index (χ0v) is 23.7. The monoisotopic (exact) mass is 558 g/mol. The number of hydrogen-bond acceptors (Lipinski definition) is 7. The van der Waals surface area contributed by atoms with Gasteiger partial charge in [-0.15, -0.1) is 11.8 Å². The molecular formula is C33H34O6S. The van der Waals surface area contributed by atoms with E-state index in [9.17, 15) is 19.8 Å². The summed E-state index contributed by atoms with van der Waals surface area (Å²) in [7, 11) is 1.55. The van der Waals surface area contributed by atoms with Gasteiger partial charge in [0.15, 0.2) is 17.3 Å². The van der Waals surface area contributed by atoms with Crippen molar-refractivity contribution >= 4 is 23.3 Å². The molecule has 0 saturated heterocycles. The number of phenols is 2. The number of Topliss-reactive ketones (excluding diaryl/α,β-unsaturated/α-hetero) is 2. The third kappa shape index (κ3) is 9.82. The molecule has 4 aromatic rings. The predicted octanol–water partition coefficient (Wildman–Crippen LogP) is 6.50. The summed E-state index contributed by atoms with van der Waals surface area (Å²) >= 11 is 1.53. The number of ether oxygens (including phenoxy) is 2. The SMILES string of the molecule is COc1ccccc1OCC(=O)Cc1cc(C)ccc1O.Cc1ccc(O)c(CC(=O)CSc2ccccc2)c1. The van der Waals surface area contributed by atoms with E-state index in [-0.39, 0.29) is 42.5 Å². The highest BCUT2D eigenvalue weighted by Gasteiger charge is 2.11. The lowest BCUT2D eigenvalue weighted by Gasteiger charge is -2.10. The van der Waals surface area contributed by atoms with E-state index in [0.29, 0.717) is 28.4 Å². The van der Waals surface area contributed by atoms with E-state index in [1.165, 1.54) is 11.8 Å². The molecule has 0 aromatic heterocycles. The van der Waals surface area contributed by atoms with E-state index < -0.39 is 0 Å². The predicted molar refractivity (Wildman–Crippen MR) is 159 cm³/mol. The first kappa shape index (κ1) is 30.3. The Morgan fingerprint density at radius 3 is 1.80 bits per heavy atom. The second-order valence-corrected chi connectivity index (χ2v) is 10.3. The highest BCUT2D eigenvalue weighted by molar-refractivity contribution is 8.00. The molecule has 0 radical (unpaired) electrons. The second-order valence-electron chi connectivity index (χ2n) is 9.24. The van der Waals surface area contributed by atoms with E-state index in [1.54, 1.807) is 43.5 Å². The van der Waals surface area contributed by atoms with Gasteiger partial charge >= 0.3 is 0 Å². The lowest BCUT2D eigenvalue weighted by Crippen LogP contribution is -2.14. The van der Waals surface area contributed by atoms with Gasteiger partial charge in [-0.1, -0.05) is 65.7 Å². The molecule has 0 amide bonds. The van der Waals surface area contributed by atoms with Gasteiger partial charge in [-0.05, 0) is 50.2 Å². The van der Waals surface area contributed by atoms with Crippen LogP contribution in [0.1, 0.15) is 22.3 Å². The largest absolute Gasteiger partial charge is 0.508 e. The van der Waals surface area contributed by atoms with Crippen LogP contribution >= 0.6 is 11.8 Å². The van der Waals surface area contributed by atoms with Crippen molar-refractivity contribution in [3.63, 3.8) is 0 Å². The Bertz CT molecular complexity index is 1420. The van der Waals surface area contributed by atoms with Crippen molar-refractivity contribution < 1.29 is 29.3 Å². The first-order chi connectivity index (χ1) is 19.2. The first-order valence-corrected chi connectivity index (χ1v) is 13.8. The number of aromatic hydroxyl groups is 2. The number of aryl methyl sites for hydroxylation is 2. The molecule has 0 atom stereocenters. The van der Waals surface area contributed by atoms with Crippen molar-refractivity contribution in [1.29, 1.82) is 0 Å². The van der Waals surface area contributed by atoms with Crippen molar-refractivity contribution in [2.24, 2.45) is 0 Å². The van der Waals surface area contributed by atoms with Gasteiger partial charge < -0.3 is 19.7 Å². The average Bonchev–Trinajstić information content (AvgIpc) is 2.96. The molecule has 208 valence electrons. The summed E-state index contributed by atoms with van der Waals surface area (Å²) in [4.78, 5) is 25.0. The van der Waals surface area contributed by atoms with Crippen LogP contribution in [-0.2, 0) is 22.4 Å². The summed E-state index contributed by atoms with van der Waals surface area (Å²) in [5, 5.41) is 19.4. The number of carbonyl (C=O) groups excluding carboxylic acids is 2. The van der Waals surface area contributed by atoms with Crippen molar-refractivity contribution in [2.75, 3.05) is 19.5 Å². The smallest absolute Gasteiger partial charge is 0.174 e. The summed E-state index contributed by atoms with van der Waals surface area (Å²) in [6.07, 6.45) is 0.427. The minimum atomic E-state index is -0.109. The highest BCUT2D eigenvalue weighted by atomic mass is 32.2. The zero-order valence-electron chi connectivity index (χ0n) is 22.9. The molecule has 0 bridgehead atoms. The summed E-state index contributed by atoms with van der Waals surface area (Å²) < 4.78 is 10.6. The van der Waals surface area contributed by atoms with Gasteiger partial charge in [0.1, 0.15) is 23.9 Å². The number of hydrogen-bond donors (Lipinski definition) is 2. The quantitative estimate of drug-likeness (QED) is 0.203. The molecule has 0 spiro atoms. The van der Waals surface area contributed by atoms with Crippen LogP contribution in [0.3, 0.4) is 0 Å². The molecule has 7 heteroatoms. The van der Waals surface area contributed by atoms with E-state index in [4.69, 9.17) is 9.47 Å². The number of methoxy groups -OCH3 is 1. The van der Waals surface area contributed by atoms with Crippen molar-refractivity contribution in [3.8, 4) is 23.0 Å². The normalized spacial score (nSPS) is 10.3. The molecule has 0 aliphatic carbocycles. The van der Waals surface area contributed by atoms with Gasteiger partial charge in [-0.25, -0.2) is 0 Å². The first-order valence-electron chi connectivity index (χ1n) is 12.8. The van der Waals surface area contributed by atoms with Gasteiger partial charge in [-0.3, -0.25) is 9.59 Å². The summed E-state index contributed by atoms with van der Waals surface area (Å²) in [5.41, 5.74) is 3.37. The summed E-state index contributed by atoms with van der Waals surface area (Å²) in [6, 6.07) is 27.5. The number of rotatable bonds is 11.